The summed E-state index contributed by atoms with van der Waals surface area (Å²) in [6.45, 7) is 1.01. The predicted octanol–water partition coefficient (Wildman–Crippen LogP) is 1.60. The number of carbonyl (C=O) groups excluding carboxylic acids is 1. The van der Waals surface area contributed by atoms with Crippen LogP contribution in [0.2, 0.25) is 0 Å². The van der Waals surface area contributed by atoms with E-state index in [0.717, 1.165) is 11.0 Å². The standard InChI is InChI=1S/C11H12ClN3O2/c12-8-11(16)17-7-3-6-15-10-5-2-1-4-9(10)13-14-15/h1-2,4-5H,3,6-8H2. The number of fused-ring (bicyclic) bond motifs is 1. The summed E-state index contributed by atoms with van der Waals surface area (Å²) in [5.41, 5.74) is 1.85. The molecule has 0 bridgehead atoms. The van der Waals surface area contributed by atoms with E-state index in [9.17, 15) is 4.79 Å². The average molecular weight is 254 g/mol. The van der Waals surface area contributed by atoms with Gasteiger partial charge in [0, 0.05) is 13.0 Å². The fraction of sp³-hybridized carbons (Fsp3) is 0.364. The summed E-state index contributed by atoms with van der Waals surface area (Å²) in [5, 5.41) is 8.07. The molecule has 6 heteroatoms. The molecule has 0 atom stereocenters. The van der Waals surface area contributed by atoms with Crippen molar-refractivity contribution in [1.29, 1.82) is 0 Å². The highest BCUT2D eigenvalue weighted by atomic mass is 35.5. The van der Waals surface area contributed by atoms with Gasteiger partial charge in [-0.3, -0.25) is 4.79 Å². The van der Waals surface area contributed by atoms with Gasteiger partial charge in [-0.2, -0.15) is 0 Å². The Labute approximate surface area is 103 Å². The normalized spacial score (nSPS) is 10.6. The minimum atomic E-state index is -0.393. The number of aromatic nitrogens is 3. The van der Waals surface area contributed by atoms with Gasteiger partial charge in [-0.1, -0.05) is 17.3 Å². The van der Waals surface area contributed by atoms with Crippen LogP contribution in [0, 0.1) is 0 Å². The molecule has 0 radical (unpaired) electrons. The second kappa shape index (κ2) is 5.63. The summed E-state index contributed by atoms with van der Waals surface area (Å²) in [5.74, 6) is -0.498. The number of carbonyl (C=O) groups is 1. The second-order valence-electron chi connectivity index (χ2n) is 3.51. The molecule has 0 aliphatic carbocycles. The lowest BCUT2D eigenvalue weighted by molar-refractivity contribution is -0.140. The highest BCUT2D eigenvalue weighted by Crippen LogP contribution is 2.09. The lowest BCUT2D eigenvalue weighted by atomic mass is 10.3. The molecule has 90 valence electrons. The molecule has 0 aliphatic heterocycles. The van der Waals surface area contributed by atoms with Crippen molar-refractivity contribution in [2.75, 3.05) is 12.5 Å². The van der Waals surface area contributed by atoms with E-state index in [-0.39, 0.29) is 5.88 Å². The zero-order valence-electron chi connectivity index (χ0n) is 9.17. The third kappa shape index (κ3) is 2.94. The van der Waals surface area contributed by atoms with Crippen LogP contribution in [-0.4, -0.2) is 33.5 Å². The maximum Gasteiger partial charge on any atom is 0.320 e. The van der Waals surface area contributed by atoms with E-state index in [1.54, 1.807) is 4.68 Å². The van der Waals surface area contributed by atoms with Crippen LogP contribution in [0.25, 0.3) is 11.0 Å². The van der Waals surface area contributed by atoms with E-state index in [0.29, 0.717) is 19.6 Å². The predicted molar refractivity (Wildman–Crippen MR) is 63.8 cm³/mol. The SMILES string of the molecule is O=C(CCl)OCCCn1nnc2ccccc21. The monoisotopic (exact) mass is 253 g/mol. The Balaban J connectivity index is 1.89. The number of hydrogen-bond acceptors (Lipinski definition) is 4. The van der Waals surface area contributed by atoms with Crippen molar-refractivity contribution in [3.63, 3.8) is 0 Å². The highest BCUT2D eigenvalue weighted by molar-refractivity contribution is 6.26. The van der Waals surface area contributed by atoms with E-state index in [2.05, 4.69) is 10.3 Å². The van der Waals surface area contributed by atoms with Gasteiger partial charge in [0.25, 0.3) is 0 Å². The van der Waals surface area contributed by atoms with Crippen LogP contribution in [0.5, 0.6) is 0 Å². The second-order valence-corrected chi connectivity index (χ2v) is 3.78. The molecule has 0 unspecified atom stereocenters. The van der Waals surface area contributed by atoms with Crippen molar-refractivity contribution in [2.45, 2.75) is 13.0 Å². The van der Waals surface area contributed by atoms with Crippen molar-refractivity contribution in [1.82, 2.24) is 15.0 Å². The number of para-hydroxylation sites is 1. The molecule has 2 rings (SSSR count). The lowest BCUT2D eigenvalue weighted by Gasteiger charge is -2.03. The lowest BCUT2D eigenvalue weighted by Crippen LogP contribution is -2.09. The molecule has 1 heterocycles. The van der Waals surface area contributed by atoms with E-state index in [1.807, 2.05) is 24.3 Å². The van der Waals surface area contributed by atoms with Crippen molar-refractivity contribution < 1.29 is 9.53 Å². The van der Waals surface area contributed by atoms with Gasteiger partial charge in [0.15, 0.2) is 0 Å². The molecule has 5 nitrogen and oxygen atoms in total. The molecule has 0 saturated heterocycles. The van der Waals surface area contributed by atoms with Crippen LogP contribution in [-0.2, 0) is 16.1 Å². The van der Waals surface area contributed by atoms with Crippen molar-refractivity contribution in [3.8, 4) is 0 Å². The summed E-state index contributed by atoms with van der Waals surface area (Å²) in [7, 11) is 0. The molecule has 1 aromatic carbocycles. The number of benzene rings is 1. The summed E-state index contributed by atoms with van der Waals surface area (Å²) < 4.78 is 6.66. The first kappa shape index (κ1) is 11.9. The number of ether oxygens (including phenoxy) is 1. The van der Waals surface area contributed by atoms with Crippen molar-refractivity contribution in [2.24, 2.45) is 0 Å². The van der Waals surface area contributed by atoms with Gasteiger partial charge < -0.3 is 4.74 Å². The molecule has 0 spiro atoms. The number of esters is 1. The van der Waals surface area contributed by atoms with Crippen LogP contribution in [0.1, 0.15) is 6.42 Å². The molecule has 0 saturated carbocycles. The fourth-order valence-corrected chi connectivity index (χ4v) is 1.60. The van der Waals surface area contributed by atoms with Crippen LogP contribution >= 0.6 is 11.6 Å². The largest absolute Gasteiger partial charge is 0.465 e. The smallest absolute Gasteiger partial charge is 0.320 e. The molecule has 0 aliphatic rings. The fourth-order valence-electron chi connectivity index (χ4n) is 1.52. The molecule has 0 amide bonds. The van der Waals surface area contributed by atoms with Gasteiger partial charge in [0.2, 0.25) is 0 Å². The minimum Gasteiger partial charge on any atom is -0.465 e. The molecular formula is C11H12ClN3O2. The Morgan fingerprint density at radius 1 is 1.41 bits per heavy atom. The first-order valence-corrected chi connectivity index (χ1v) is 5.84. The molecule has 1 aromatic heterocycles. The molecule has 17 heavy (non-hydrogen) atoms. The maximum atomic E-state index is 10.8. The van der Waals surface area contributed by atoms with E-state index >= 15 is 0 Å². The Hall–Kier alpha value is -1.62. The molecular weight excluding hydrogens is 242 g/mol. The topological polar surface area (TPSA) is 57.0 Å². The van der Waals surface area contributed by atoms with Gasteiger partial charge in [-0.15, -0.1) is 16.7 Å². The Morgan fingerprint density at radius 3 is 3.06 bits per heavy atom. The summed E-state index contributed by atoms with van der Waals surface area (Å²) in [6, 6.07) is 7.73. The average Bonchev–Trinajstić information content (AvgIpc) is 2.78. The maximum absolute atomic E-state index is 10.8. The van der Waals surface area contributed by atoms with Crippen LogP contribution in [0.4, 0.5) is 0 Å². The van der Waals surface area contributed by atoms with Gasteiger partial charge in [0.05, 0.1) is 12.1 Å². The number of rotatable bonds is 5. The van der Waals surface area contributed by atoms with Gasteiger partial charge in [-0.25, -0.2) is 4.68 Å². The third-order valence-electron chi connectivity index (χ3n) is 2.31. The summed E-state index contributed by atoms with van der Waals surface area (Å²) in [6.07, 6.45) is 0.690. The first-order valence-electron chi connectivity index (χ1n) is 5.31. The number of nitrogens with zero attached hydrogens (tertiary/aromatic N) is 3. The highest BCUT2D eigenvalue weighted by Gasteiger charge is 2.03. The molecule has 0 N–H and O–H groups in total. The van der Waals surface area contributed by atoms with E-state index in [1.165, 1.54) is 0 Å². The van der Waals surface area contributed by atoms with Gasteiger partial charge >= 0.3 is 5.97 Å². The van der Waals surface area contributed by atoms with Gasteiger partial charge in [0.1, 0.15) is 11.4 Å². The third-order valence-corrected chi connectivity index (χ3v) is 2.52. The van der Waals surface area contributed by atoms with Crippen molar-refractivity contribution >= 4 is 28.6 Å². The number of aryl methyl sites for hydroxylation is 1. The van der Waals surface area contributed by atoms with Crippen LogP contribution in [0.15, 0.2) is 24.3 Å². The van der Waals surface area contributed by atoms with Crippen LogP contribution < -0.4 is 0 Å². The zero-order valence-corrected chi connectivity index (χ0v) is 9.93. The minimum absolute atomic E-state index is 0.105. The summed E-state index contributed by atoms with van der Waals surface area (Å²) in [4.78, 5) is 10.8. The number of alkyl halides is 1. The van der Waals surface area contributed by atoms with E-state index in [4.69, 9.17) is 16.3 Å². The quantitative estimate of drug-likeness (QED) is 0.461. The van der Waals surface area contributed by atoms with E-state index < -0.39 is 5.97 Å². The first-order chi connectivity index (χ1) is 8.31. The summed E-state index contributed by atoms with van der Waals surface area (Å²) >= 11 is 5.31. The van der Waals surface area contributed by atoms with Crippen molar-refractivity contribution in [3.05, 3.63) is 24.3 Å². The van der Waals surface area contributed by atoms with Gasteiger partial charge in [-0.05, 0) is 12.1 Å². The Bertz CT molecular complexity index is 512. The molecule has 0 fully saturated rings. The Morgan fingerprint density at radius 2 is 2.24 bits per heavy atom. The number of hydrogen-bond donors (Lipinski definition) is 0. The number of halogens is 1. The Kier molecular flexibility index (Phi) is 3.93. The van der Waals surface area contributed by atoms with Crippen LogP contribution in [0.3, 0.4) is 0 Å². The zero-order chi connectivity index (χ0) is 12.1. The molecule has 2 aromatic rings.